The predicted molar refractivity (Wildman–Crippen MR) is 134 cm³/mol. The maximum Gasteiger partial charge on any atom is 0.258 e. The van der Waals surface area contributed by atoms with Crippen molar-refractivity contribution in [2.75, 3.05) is 44.3 Å². The summed E-state index contributed by atoms with van der Waals surface area (Å²) < 4.78 is 5.35. The molecule has 6 heteroatoms. The zero-order valence-electron chi connectivity index (χ0n) is 19.4. The van der Waals surface area contributed by atoms with Gasteiger partial charge in [0.2, 0.25) is 5.91 Å². The number of anilines is 1. The highest BCUT2D eigenvalue weighted by Gasteiger charge is 2.18. The second kappa shape index (κ2) is 12.1. The quantitative estimate of drug-likeness (QED) is 0.534. The minimum Gasteiger partial charge on any atom is -0.379 e. The molecular weight excluding hydrogens is 426 g/mol. The van der Waals surface area contributed by atoms with Gasteiger partial charge in [-0.15, -0.1) is 0 Å². The van der Waals surface area contributed by atoms with Crippen molar-refractivity contribution in [3.63, 3.8) is 0 Å². The molecule has 2 amide bonds. The number of nitrogens with zero attached hydrogens (tertiary/aromatic N) is 2. The number of ether oxygens (including phenoxy) is 1. The maximum absolute atomic E-state index is 13.3. The zero-order chi connectivity index (χ0) is 23.6. The van der Waals surface area contributed by atoms with E-state index in [9.17, 15) is 9.59 Å². The Bertz CT molecular complexity index is 1050. The third-order valence-electron chi connectivity index (χ3n) is 5.92. The van der Waals surface area contributed by atoms with Crippen LogP contribution in [0.5, 0.6) is 0 Å². The van der Waals surface area contributed by atoms with Crippen LogP contribution in [0.15, 0.2) is 84.9 Å². The molecule has 1 aliphatic heterocycles. The third-order valence-corrected chi connectivity index (χ3v) is 5.92. The van der Waals surface area contributed by atoms with Gasteiger partial charge >= 0.3 is 0 Å². The van der Waals surface area contributed by atoms with E-state index in [0.29, 0.717) is 25.1 Å². The summed E-state index contributed by atoms with van der Waals surface area (Å²) in [5, 5.41) is 3.00. The lowest BCUT2D eigenvalue weighted by molar-refractivity contribution is -0.120. The van der Waals surface area contributed by atoms with Gasteiger partial charge in [0.25, 0.3) is 5.91 Å². The van der Waals surface area contributed by atoms with E-state index in [1.165, 1.54) is 0 Å². The van der Waals surface area contributed by atoms with Crippen molar-refractivity contribution in [2.24, 2.45) is 0 Å². The molecule has 1 saturated heterocycles. The average molecular weight is 458 g/mol. The van der Waals surface area contributed by atoms with Crippen LogP contribution in [-0.4, -0.2) is 56.1 Å². The Morgan fingerprint density at radius 3 is 2.15 bits per heavy atom. The van der Waals surface area contributed by atoms with E-state index in [4.69, 9.17) is 4.74 Å². The Labute approximate surface area is 201 Å². The molecule has 0 saturated carbocycles. The molecule has 176 valence electrons. The minimum atomic E-state index is -0.0574. The van der Waals surface area contributed by atoms with Gasteiger partial charge in [-0.2, -0.15) is 0 Å². The Kier molecular flexibility index (Phi) is 8.43. The first-order chi connectivity index (χ1) is 16.7. The second-order valence-electron chi connectivity index (χ2n) is 8.39. The molecule has 0 aliphatic carbocycles. The predicted octanol–water partition coefficient (Wildman–Crippen LogP) is 3.52. The summed E-state index contributed by atoms with van der Waals surface area (Å²) >= 11 is 0. The van der Waals surface area contributed by atoms with Gasteiger partial charge in [-0.25, -0.2) is 0 Å². The van der Waals surface area contributed by atoms with Crippen LogP contribution in [0.4, 0.5) is 5.69 Å². The second-order valence-corrected chi connectivity index (χ2v) is 8.39. The molecule has 0 radical (unpaired) electrons. The van der Waals surface area contributed by atoms with Crippen LogP contribution in [0.2, 0.25) is 0 Å². The van der Waals surface area contributed by atoms with Gasteiger partial charge in [-0.3, -0.25) is 14.5 Å². The minimum absolute atomic E-state index is 0.00233. The summed E-state index contributed by atoms with van der Waals surface area (Å²) in [6.45, 7) is 5.28. The molecule has 3 aromatic carbocycles. The van der Waals surface area contributed by atoms with Crippen molar-refractivity contribution in [3.05, 3.63) is 102 Å². The van der Waals surface area contributed by atoms with Gasteiger partial charge < -0.3 is 15.0 Å². The van der Waals surface area contributed by atoms with Crippen molar-refractivity contribution in [2.45, 2.75) is 13.0 Å². The van der Waals surface area contributed by atoms with Gasteiger partial charge in [0, 0.05) is 37.4 Å². The van der Waals surface area contributed by atoms with E-state index in [2.05, 4.69) is 10.2 Å². The molecule has 34 heavy (non-hydrogen) atoms. The van der Waals surface area contributed by atoms with Crippen LogP contribution < -0.4 is 10.2 Å². The molecule has 3 aromatic rings. The Balaban J connectivity index is 1.39. The Morgan fingerprint density at radius 2 is 1.47 bits per heavy atom. The summed E-state index contributed by atoms with van der Waals surface area (Å²) in [5.41, 5.74) is 3.41. The standard InChI is InChI=1S/C28H31N3O3/c32-27(29-15-16-30-17-19-34-20-18-30)21-23-11-13-26(14-12-23)31(22-24-7-3-1-4-8-24)28(33)25-9-5-2-6-10-25/h1-14H,15-22H2,(H,29,32). The van der Waals surface area contributed by atoms with E-state index in [1.807, 2.05) is 84.9 Å². The fourth-order valence-electron chi connectivity index (χ4n) is 4.00. The monoisotopic (exact) mass is 457 g/mol. The molecule has 0 unspecified atom stereocenters. The molecule has 1 fully saturated rings. The number of nitrogens with one attached hydrogen (secondary N) is 1. The van der Waals surface area contributed by atoms with Crippen molar-refractivity contribution in [1.82, 2.24) is 10.2 Å². The normalized spacial score (nSPS) is 13.9. The first kappa shape index (κ1) is 23.7. The molecule has 0 spiro atoms. The number of morpholine rings is 1. The summed E-state index contributed by atoms with van der Waals surface area (Å²) in [5.74, 6) is -0.0550. The number of hydrogen-bond donors (Lipinski definition) is 1. The summed E-state index contributed by atoms with van der Waals surface area (Å²) in [4.78, 5) is 29.8. The van der Waals surface area contributed by atoms with E-state index in [-0.39, 0.29) is 11.8 Å². The SMILES string of the molecule is O=C(Cc1ccc(N(Cc2ccccc2)C(=O)c2ccccc2)cc1)NCCN1CCOCC1. The summed E-state index contributed by atoms with van der Waals surface area (Å²) in [7, 11) is 0. The Hall–Kier alpha value is -3.48. The lowest BCUT2D eigenvalue weighted by Gasteiger charge is -2.26. The van der Waals surface area contributed by atoms with Crippen LogP contribution in [-0.2, 0) is 22.5 Å². The van der Waals surface area contributed by atoms with Gasteiger partial charge in [-0.05, 0) is 35.4 Å². The van der Waals surface area contributed by atoms with E-state index < -0.39 is 0 Å². The number of carbonyl (C=O) groups excluding carboxylic acids is 2. The molecule has 4 rings (SSSR count). The lowest BCUT2D eigenvalue weighted by atomic mass is 10.1. The van der Waals surface area contributed by atoms with E-state index >= 15 is 0 Å². The number of hydrogen-bond acceptors (Lipinski definition) is 4. The first-order valence-electron chi connectivity index (χ1n) is 11.8. The fraction of sp³-hybridized carbons (Fsp3) is 0.286. The number of carbonyl (C=O) groups is 2. The lowest BCUT2D eigenvalue weighted by Crippen LogP contribution is -2.41. The van der Waals surface area contributed by atoms with E-state index in [0.717, 1.165) is 49.7 Å². The molecule has 0 aromatic heterocycles. The molecule has 6 nitrogen and oxygen atoms in total. The smallest absolute Gasteiger partial charge is 0.258 e. The van der Waals surface area contributed by atoms with Gasteiger partial charge in [0.1, 0.15) is 0 Å². The van der Waals surface area contributed by atoms with Crippen molar-refractivity contribution >= 4 is 17.5 Å². The van der Waals surface area contributed by atoms with Gasteiger partial charge in [-0.1, -0.05) is 60.7 Å². The van der Waals surface area contributed by atoms with Gasteiger partial charge in [0.05, 0.1) is 26.2 Å². The average Bonchev–Trinajstić information content (AvgIpc) is 2.89. The highest BCUT2D eigenvalue weighted by Crippen LogP contribution is 2.21. The summed E-state index contributed by atoms with van der Waals surface area (Å²) in [6, 6.07) is 26.9. The van der Waals surface area contributed by atoms with Gasteiger partial charge in [0.15, 0.2) is 0 Å². The molecular formula is C28H31N3O3. The number of rotatable bonds is 9. The zero-order valence-corrected chi connectivity index (χ0v) is 19.4. The third kappa shape index (κ3) is 6.76. The molecule has 1 aliphatic rings. The topological polar surface area (TPSA) is 61.9 Å². The fourth-order valence-corrected chi connectivity index (χ4v) is 4.00. The molecule has 0 atom stereocenters. The van der Waals surface area contributed by atoms with Crippen LogP contribution in [0.1, 0.15) is 21.5 Å². The molecule has 1 heterocycles. The van der Waals surface area contributed by atoms with Crippen LogP contribution in [0.3, 0.4) is 0 Å². The molecule has 0 bridgehead atoms. The first-order valence-corrected chi connectivity index (χ1v) is 11.8. The van der Waals surface area contributed by atoms with Crippen molar-refractivity contribution in [3.8, 4) is 0 Å². The number of amides is 2. The van der Waals surface area contributed by atoms with Crippen molar-refractivity contribution in [1.29, 1.82) is 0 Å². The van der Waals surface area contributed by atoms with Crippen LogP contribution >= 0.6 is 0 Å². The highest BCUT2D eigenvalue weighted by atomic mass is 16.5. The molecule has 1 N–H and O–H groups in total. The maximum atomic E-state index is 13.3. The van der Waals surface area contributed by atoms with E-state index in [1.54, 1.807) is 4.90 Å². The summed E-state index contributed by atoms with van der Waals surface area (Å²) in [6.07, 6.45) is 0.314. The largest absolute Gasteiger partial charge is 0.379 e. The number of benzene rings is 3. The Morgan fingerprint density at radius 1 is 0.824 bits per heavy atom. The van der Waals surface area contributed by atoms with Crippen LogP contribution in [0.25, 0.3) is 0 Å². The highest BCUT2D eigenvalue weighted by molar-refractivity contribution is 6.06. The van der Waals surface area contributed by atoms with Crippen LogP contribution in [0, 0.1) is 0 Å². The van der Waals surface area contributed by atoms with Crippen molar-refractivity contribution < 1.29 is 14.3 Å².